The summed E-state index contributed by atoms with van der Waals surface area (Å²) in [6.07, 6.45) is -4.85. The number of nitriles is 1. The zero-order valence-corrected chi connectivity index (χ0v) is 9.90. The second kappa shape index (κ2) is 6.09. The SMILES string of the molecule is CC(=O)OCC(C#N)c1ccccc1OC(F)(F)F. The van der Waals surface area contributed by atoms with E-state index < -0.39 is 24.0 Å². The Morgan fingerprint density at radius 3 is 2.58 bits per heavy atom. The van der Waals surface area contributed by atoms with Crippen molar-refractivity contribution in [3.63, 3.8) is 0 Å². The Balaban J connectivity index is 2.97. The van der Waals surface area contributed by atoms with Crippen molar-refractivity contribution in [2.24, 2.45) is 0 Å². The van der Waals surface area contributed by atoms with E-state index in [4.69, 9.17) is 5.26 Å². The summed E-state index contributed by atoms with van der Waals surface area (Å²) in [5.74, 6) is -2.12. The van der Waals surface area contributed by atoms with Crippen LogP contribution in [0.2, 0.25) is 0 Å². The summed E-state index contributed by atoms with van der Waals surface area (Å²) >= 11 is 0. The molecule has 0 aromatic heterocycles. The van der Waals surface area contributed by atoms with E-state index in [9.17, 15) is 18.0 Å². The summed E-state index contributed by atoms with van der Waals surface area (Å²) in [7, 11) is 0. The van der Waals surface area contributed by atoms with Crippen LogP contribution in [0.4, 0.5) is 13.2 Å². The molecule has 0 aliphatic carbocycles. The Morgan fingerprint density at radius 2 is 2.05 bits per heavy atom. The molecular formula is C12H10F3NO3. The van der Waals surface area contributed by atoms with Crippen LogP contribution in [-0.2, 0) is 9.53 Å². The van der Waals surface area contributed by atoms with E-state index in [1.165, 1.54) is 18.2 Å². The molecule has 0 saturated carbocycles. The van der Waals surface area contributed by atoms with Crippen molar-refractivity contribution in [1.29, 1.82) is 5.26 Å². The molecule has 0 amide bonds. The number of ether oxygens (including phenoxy) is 2. The van der Waals surface area contributed by atoms with Crippen LogP contribution in [0.25, 0.3) is 0 Å². The van der Waals surface area contributed by atoms with E-state index in [1.54, 1.807) is 6.07 Å². The van der Waals surface area contributed by atoms with E-state index in [1.807, 2.05) is 0 Å². The maximum Gasteiger partial charge on any atom is 0.573 e. The topological polar surface area (TPSA) is 59.3 Å². The van der Waals surface area contributed by atoms with Crippen molar-refractivity contribution in [2.45, 2.75) is 19.2 Å². The maximum atomic E-state index is 12.2. The molecule has 102 valence electrons. The molecule has 1 rings (SSSR count). The van der Waals surface area contributed by atoms with Crippen molar-refractivity contribution in [1.82, 2.24) is 0 Å². The van der Waals surface area contributed by atoms with Crippen LogP contribution in [-0.4, -0.2) is 18.9 Å². The molecular weight excluding hydrogens is 263 g/mol. The van der Waals surface area contributed by atoms with Gasteiger partial charge in [0.2, 0.25) is 0 Å². The van der Waals surface area contributed by atoms with Gasteiger partial charge in [-0.2, -0.15) is 5.26 Å². The molecule has 1 aromatic carbocycles. The minimum Gasteiger partial charge on any atom is -0.464 e. The zero-order chi connectivity index (χ0) is 14.5. The maximum absolute atomic E-state index is 12.2. The van der Waals surface area contributed by atoms with Gasteiger partial charge in [-0.1, -0.05) is 18.2 Å². The first kappa shape index (κ1) is 14.8. The van der Waals surface area contributed by atoms with Gasteiger partial charge in [-0.15, -0.1) is 13.2 Å². The molecule has 0 N–H and O–H groups in total. The van der Waals surface area contributed by atoms with Gasteiger partial charge in [-0.3, -0.25) is 4.79 Å². The van der Waals surface area contributed by atoms with Gasteiger partial charge in [0.15, 0.2) is 0 Å². The third-order valence-corrected chi connectivity index (χ3v) is 2.13. The van der Waals surface area contributed by atoms with E-state index >= 15 is 0 Å². The molecule has 0 aliphatic heterocycles. The van der Waals surface area contributed by atoms with Gasteiger partial charge in [0, 0.05) is 12.5 Å². The van der Waals surface area contributed by atoms with Gasteiger partial charge < -0.3 is 9.47 Å². The number of benzene rings is 1. The van der Waals surface area contributed by atoms with Gasteiger partial charge in [0.1, 0.15) is 18.3 Å². The summed E-state index contributed by atoms with van der Waals surface area (Å²) < 4.78 is 45.1. The van der Waals surface area contributed by atoms with Gasteiger partial charge in [-0.25, -0.2) is 0 Å². The Bertz CT molecular complexity index is 494. The third kappa shape index (κ3) is 4.87. The van der Waals surface area contributed by atoms with Gasteiger partial charge in [0.25, 0.3) is 0 Å². The summed E-state index contributed by atoms with van der Waals surface area (Å²) in [6, 6.07) is 7.01. The van der Waals surface area contributed by atoms with Crippen LogP contribution >= 0.6 is 0 Å². The molecule has 4 nitrogen and oxygen atoms in total. The number of halogens is 3. The van der Waals surface area contributed by atoms with Crippen molar-refractivity contribution in [3.05, 3.63) is 29.8 Å². The molecule has 0 heterocycles. The summed E-state index contributed by atoms with van der Waals surface area (Å²) in [4.78, 5) is 10.7. The monoisotopic (exact) mass is 273 g/mol. The lowest BCUT2D eigenvalue weighted by atomic mass is 10.0. The highest BCUT2D eigenvalue weighted by molar-refractivity contribution is 5.66. The summed E-state index contributed by atoms with van der Waals surface area (Å²) in [5, 5.41) is 8.94. The number of alkyl halides is 3. The van der Waals surface area contributed by atoms with Crippen molar-refractivity contribution < 1.29 is 27.4 Å². The van der Waals surface area contributed by atoms with Gasteiger partial charge in [-0.05, 0) is 6.07 Å². The Kier molecular flexibility index (Phi) is 4.75. The van der Waals surface area contributed by atoms with Crippen molar-refractivity contribution in [3.8, 4) is 11.8 Å². The molecule has 1 unspecified atom stereocenters. The number of carbonyl (C=O) groups is 1. The first-order valence-electron chi connectivity index (χ1n) is 5.21. The lowest BCUT2D eigenvalue weighted by molar-refractivity contribution is -0.275. The number of hydrogen-bond acceptors (Lipinski definition) is 4. The minimum absolute atomic E-state index is 0.0172. The molecule has 0 aliphatic rings. The number of rotatable bonds is 4. The minimum atomic E-state index is -4.85. The largest absolute Gasteiger partial charge is 0.573 e. The molecule has 7 heteroatoms. The van der Waals surface area contributed by atoms with Crippen LogP contribution in [0.15, 0.2) is 24.3 Å². The quantitative estimate of drug-likeness (QED) is 0.791. The van der Waals surface area contributed by atoms with Crippen LogP contribution < -0.4 is 4.74 Å². The standard InChI is InChI=1S/C12H10F3NO3/c1-8(17)18-7-9(6-16)10-4-2-3-5-11(10)19-12(13,14)15/h2-5,9H,7H2,1H3. The highest BCUT2D eigenvalue weighted by atomic mass is 19.4. The van der Waals surface area contributed by atoms with Crippen LogP contribution in [0.1, 0.15) is 18.4 Å². The second-order valence-corrected chi connectivity index (χ2v) is 3.57. The van der Waals surface area contributed by atoms with E-state index in [0.717, 1.165) is 13.0 Å². The average molecular weight is 273 g/mol. The lowest BCUT2D eigenvalue weighted by Gasteiger charge is -2.16. The molecule has 0 saturated heterocycles. The molecule has 0 fully saturated rings. The van der Waals surface area contributed by atoms with Gasteiger partial charge in [0.05, 0.1) is 6.07 Å². The molecule has 1 atom stereocenters. The van der Waals surface area contributed by atoms with Crippen LogP contribution in [0.3, 0.4) is 0 Å². The Hall–Kier alpha value is -2.23. The Labute approximate surface area is 107 Å². The van der Waals surface area contributed by atoms with Crippen molar-refractivity contribution in [2.75, 3.05) is 6.61 Å². The smallest absolute Gasteiger partial charge is 0.464 e. The second-order valence-electron chi connectivity index (χ2n) is 3.57. The fourth-order valence-electron chi connectivity index (χ4n) is 1.38. The highest BCUT2D eigenvalue weighted by Crippen LogP contribution is 2.31. The molecule has 0 spiro atoms. The van der Waals surface area contributed by atoms with Crippen molar-refractivity contribution >= 4 is 5.97 Å². The fraction of sp³-hybridized carbons (Fsp3) is 0.333. The normalized spacial score (nSPS) is 12.4. The first-order valence-corrected chi connectivity index (χ1v) is 5.21. The van der Waals surface area contributed by atoms with Gasteiger partial charge >= 0.3 is 12.3 Å². The zero-order valence-electron chi connectivity index (χ0n) is 9.90. The van der Waals surface area contributed by atoms with E-state index in [-0.39, 0.29) is 12.2 Å². The van der Waals surface area contributed by atoms with E-state index in [2.05, 4.69) is 9.47 Å². The number of para-hydroxylation sites is 1. The highest BCUT2D eigenvalue weighted by Gasteiger charge is 2.33. The number of esters is 1. The molecule has 1 aromatic rings. The Morgan fingerprint density at radius 1 is 1.42 bits per heavy atom. The molecule has 0 radical (unpaired) electrons. The number of nitrogens with zero attached hydrogens (tertiary/aromatic N) is 1. The van der Waals surface area contributed by atoms with Crippen LogP contribution in [0.5, 0.6) is 5.75 Å². The summed E-state index contributed by atoms with van der Waals surface area (Å²) in [6.45, 7) is 0.816. The molecule has 19 heavy (non-hydrogen) atoms. The molecule has 0 bridgehead atoms. The first-order chi connectivity index (χ1) is 8.83. The summed E-state index contributed by atoms with van der Waals surface area (Å²) in [5.41, 5.74) is 0.0172. The number of hydrogen-bond donors (Lipinski definition) is 0. The average Bonchev–Trinajstić information content (AvgIpc) is 2.29. The third-order valence-electron chi connectivity index (χ3n) is 2.13. The predicted molar refractivity (Wildman–Crippen MR) is 58.1 cm³/mol. The lowest BCUT2D eigenvalue weighted by Crippen LogP contribution is -2.19. The predicted octanol–water partition coefficient (Wildman–Crippen LogP) is 2.76. The fourth-order valence-corrected chi connectivity index (χ4v) is 1.38. The van der Waals surface area contributed by atoms with E-state index in [0.29, 0.717) is 0 Å². The number of carbonyl (C=O) groups excluding carboxylic acids is 1. The van der Waals surface area contributed by atoms with Crippen LogP contribution in [0, 0.1) is 11.3 Å².